The molecule has 2 rings (SSSR count). The van der Waals surface area contributed by atoms with Crippen molar-refractivity contribution in [2.75, 3.05) is 11.5 Å². The first kappa shape index (κ1) is 43.3. The molecular formula is C37H71NO4S3Si2. The molecule has 1 heterocycles. The lowest BCUT2D eigenvalue weighted by molar-refractivity contribution is 0.110. The van der Waals surface area contributed by atoms with E-state index in [1.807, 2.05) is 19.1 Å². The van der Waals surface area contributed by atoms with Gasteiger partial charge in [-0.2, -0.15) is 0 Å². The van der Waals surface area contributed by atoms with Crippen molar-refractivity contribution in [3.8, 4) is 0 Å². The van der Waals surface area contributed by atoms with E-state index in [9.17, 15) is 8.42 Å². The van der Waals surface area contributed by atoms with Crippen LogP contribution in [0.1, 0.15) is 125 Å². The quantitative estimate of drug-likeness (QED) is 0.142. The zero-order chi connectivity index (χ0) is 35.7. The Hall–Kier alpha value is 0.184. The molecule has 1 N–H and O–H groups in total. The number of rotatable bonds is 19. The molecule has 0 bridgehead atoms. The predicted molar refractivity (Wildman–Crippen MR) is 215 cm³/mol. The maximum atomic E-state index is 13.6. The van der Waals surface area contributed by atoms with Crippen LogP contribution in [0.25, 0.3) is 0 Å². The van der Waals surface area contributed by atoms with Gasteiger partial charge >= 0.3 is 0 Å². The Labute approximate surface area is 302 Å². The van der Waals surface area contributed by atoms with Crippen LogP contribution in [0, 0.1) is 6.92 Å². The molecule has 0 spiro atoms. The summed E-state index contributed by atoms with van der Waals surface area (Å²) in [6.45, 7) is 29.9. The van der Waals surface area contributed by atoms with E-state index in [1.54, 1.807) is 12.1 Å². The minimum absolute atomic E-state index is 0.0971. The van der Waals surface area contributed by atoms with Crippen LogP contribution in [0.3, 0.4) is 0 Å². The van der Waals surface area contributed by atoms with Gasteiger partial charge in [-0.1, -0.05) is 92.3 Å². The normalized spacial score (nSPS) is 18.6. The van der Waals surface area contributed by atoms with Gasteiger partial charge in [0.15, 0.2) is 16.6 Å². The molecule has 1 fully saturated rings. The highest BCUT2D eigenvalue weighted by Crippen LogP contribution is 2.51. The van der Waals surface area contributed by atoms with E-state index in [0.29, 0.717) is 4.90 Å². The van der Waals surface area contributed by atoms with E-state index >= 15 is 0 Å². The van der Waals surface area contributed by atoms with E-state index < -0.39 is 26.7 Å². The Morgan fingerprint density at radius 3 is 1.79 bits per heavy atom. The fraction of sp³-hybridized carbons (Fsp3) is 0.838. The Morgan fingerprint density at radius 1 is 0.787 bits per heavy atom. The van der Waals surface area contributed by atoms with Gasteiger partial charge in [-0.05, 0) is 112 Å². The summed E-state index contributed by atoms with van der Waals surface area (Å²) in [4.78, 5) is 0.348. The van der Waals surface area contributed by atoms with E-state index in [2.05, 4.69) is 110 Å². The first-order valence-electron chi connectivity index (χ1n) is 18.3. The highest BCUT2D eigenvalue weighted by atomic mass is 32.2. The Morgan fingerprint density at radius 2 is 1.30 bits per heavy atom. The highest BCUT2D eigenvalue weighted by Gasteiger charge is 2.44. The third kappa shape index (κ3) is 13.7. The van der Waals surface area contributed by atoms with Gasteiger partial charge in [0.1, 0.15) is 0 Å². The molecule has 10 heteroatoms. The molecule has 1 aliphatic heterocycles. The third-order valence-corrected chi connectivity index (χ3v) is 24.6. The molecule has 1 aliphatic rings. The lowest BCUT2D eigenvalue weighted by Crippen LogP contribution is -2.47. The maximum Gasteiger partial charge on any atom is 0.240 e. The van der Waals surface area contributed by atoms with Gasteiger partial charge in [0.25, 0.3) is 0 Å². The number of hydrogen-bond donors (Lipinski definition) is 1. The van der Waals surface area contributed by atoms with Crippen molar-refractivity contribution < 1.29 is 17.3 Å². The second-order valence-electron chi connectivity index (χ2n) is 17.0. The SMILES string of the molecule is CCCC[C@@H](CC[C@H](CC1(C[C@@H](CCC)NS(=O)(=O)c2ccc(C)cc2)SCCCS1)O[Si](C)(C)C(C)(C)C)O[Si](C)(C)C(C)(C)C. The van der Waals surface area contributed by atoms with Gasteiger partial charge in [-0.15, -0.1) is 23.5 Å². The number of thioether (sulfide) groups is 2. The van der Waals surface area contributed by atoms with Gasteiger partial charge in [-0.25, -0.2) is 13.1 Å². The van der Waals surface area contributed by atoms with Gasteiger partial charge in [0, 0.05) is 18.2 Å². The van der Waals surface area contributed by atoms with E-state index in [4.69, 9.17) is 8.85 Å². The van der Waals surface area contributed by atoms with Crippen LogP contribution in [-0.4, -0.2) is 58.9 Å². The number of sulfonamides is 1. The average molecular weight is 746 g/mol. The summed E-state index contributed by atoms with van der Waals surface area (Å²) in [5, 5.41) is 0.285. The van der Waals surface area contributed by atoms with Crippen molar-refractivity contribution in [1.29, 1.82) is 0 Å². The first-order chi connectivity index (χ1) is 21.6. The van der Waals surface area contributed by atoms with Crippen LogP contribution in [0.5, 0.6) is 0 Å². The van der Waals surface area contributed by atoms with Gasteiger partial charge in [0.05, 0.1) is 8.97 Å². The second-order valence-corrected chi connectivity index (χ2v) is 31.5. The molecule has 0 aliphatic carbocycles. The lowest BCUT2D eigenvalue weighted by atomic mass is 9.98. The molecule has 1 aromatic carbocycles. The molecule has 1 saturated heterocycles. The summed E-state index contributed by atoms with van der Waals surface area (Å²) in [6, 6.07) is 7.08. The molecule has 5 nitrogen and oxygen atoms in total. The van der Waals surface area contributed by atoms with Crippen LogP contribution >= 0.6 is 23.5 Å². The topological polar surface area (TPSA) is 64.6 Å². The first-order valence-corrected chi connectivity index (χ1v) is 27.6. The molecule has 0 unspecified atom stereocenters. The standard InChI is InChI=1S/C37H71NO4S3Si2/c1-14-16-19-32(41-46(10,11)35(4,5)6)22-23-33(42-47(12,13)36(7,8)9)29-37(43-26-17-27-44-37)28-31(18-15-2)38-45(39,40)34-24-20-30(3)21-25-34/h20-21,24-25,31-33,38H,14-19,22-23,26-29H2,1-13H3/t31-,32+,33-/m1/s1. The monoisotopic (exact) mass is 745 g/mol. The number of unbranched alkanes of at least 4 members (excludes halogenated alkanes) is 1. The number of nitrogens with one attached hydrogen (secondary N) is 1. The minimum atomic E-state index is -3.62. The van der Waals surface area contributed by atoms with E-state index in [0.717, 1.165) is 62.0 Å². The smallest absolute Gasteiger partial charge is 0.240 e. The van der Waals surface area contributed by atoms with Crippen molar-refractivity contribution in [3.63, 3.8) is 0 Å². The summed E-state index contributed by atoms with van der Waals surface area (Å²) in [6.07, 6.45) is 10.5. The molecule has 0 aromatic heterocycles. The number of hydrogen-bond acceptors (Lipinski definition) is 6. The third-order valence-electron chi connectivity index (χ3n) is 10.6. The largest absolute Gasteiger partial charge is 0.414 e. The molecule has 47 heavy (non-hydrogen) atoms. The summed E-state index contributed by atoms with van der Waals surface area (Å²) >= 11 is 4.10. The second kappa shape index (κ2) is 18.1. The molecular weight excluding hydrogens is 675 g/mol. The van der Waals surface area contributed by atoms with Crippen molar-refractivity contribution >= 4 is 50.2 Å². The van der Waals surface area contributed by atoms with Gasteiger partial charge < -0.3 is 8.85 Å². The lowest BCUT2D eigenvalue weighted by Gasteiger charge is -2.45. The molecule has 0 amide bonds. The van der Waals surface area contributed by atoms with Gasteiger partial charge in [-0.3, -0.25) is 0 Å². The Balaban J connectivity index is 2.41. The number of benzene rings is 1. The van der Waals surface area contributed by atoms with E-state index in [-0.39, 0.29) is 32.4 Å². The summed E-state index contributed by atoms with van der Waals surface area (Å²) in [5.74, 6) is 2.22. The summed E-state index contributed by atoms with van der Waals surface area (Å²) in [7, 11) is -7.60. The molecule has 0 saturated carbocycles. The molecule has 0 radical (unpaired) electrons. The number of aryl methyl sites for hydroxylation is 1. The van der Waals surface area contributed by atoms with Crippen molar-refractivity contribution in [3.05, 3.63) is 29.8 Å². The van der Waals surface area contributed by atoms with Crippen molar-refractivity contribution in [1.82, 2.24) is 4.72 Å². The summed E-state index contributed by atoms with van der Waals surface area (Å²) < 4.78 is 44.6. The van der Waals surface area contributed by atoms with Crippen LogP contribution in [-0.2, 0) is 18.9 Å². The molecule has 1 aromatic rings. The Kier molecular flexibility index (Phi) is 16.7. The zero-order valence-corrected chi connectivity index (χ0v) is 36.8. The van der Waals surface area contributed by atoms with Crippen LogP contribution in [0.15, 0.2) is 29.2 Å². The minimum Gasteiger partial charge on any atom is -0.414 e. The fourth-order valence-corrected chi connectivity index (χ4v) is 13.3. The van der Waals surface area contributed by atoms with Crippen LogP contribution < -0.4 is 4.72 Å². The molecule has 274 valence electrons. The zero-order valence-electron chi connectivity index (χ0n) is 32.4. The fourth-order valence-electron chi connectivity index (χ4n) is 5.67. The van der Waals surface area contributed by atoms with Crippen LogP contribution in [0.4, 0.5) is 0 Å². The van der Waals surface area contributed by atoms with Crippen molar-refractivity contribution in [2.45, 2.75) is 190 Å². The average Bonchev–Trinajstić information content (AvgIpc) is 2.93. The van der Waals surface area contributed by atoms with Gasteiger partial charge in [0.2, 0.25) is 10.0 Å². The highest BCUT2D eigenvalue weighted by molar-refractivity contribution is 8.18. The van der Waals surface area contributed by atoms with Crippen LogP contribution in [0.2, 0.25) is 36.3 Å². The molecule has 3 atom stereocenters. The predicted octanol–water partition coefficient (Wildman–Crippen LogP) is 11.5. The van der Waals surface area contributed by atoms with Crippen molar-refractivity contribution in [2.24, 2.45) is 0 Å². The maximum absolute atomic E-state index is 13.6. The van der Waals surface area contributed by atoms with E-state index in [1.165, 1.54) is 19.3 Å². The Bertz CT molecular complexity index is 1170. The summed E-state index contributed by atoms with van der Waals surface area (Å²) in [5.41, 5.74) is 1.06.